The molecule has 0 radical (unpaired) electrons. The first-order valence-corrected chi connectivity index (χ1v) is 20.6. The van der Waals surface area contributed by atoms with Gasteiger partial charge in [-0.3, -0.25) is 0 Å². The molecule has 2 nitrogen and oxygen atoms in total. The van der Waals surface area contributed by atoms with E-state index < -0.39 is 0 Å². The van der Waals surface area contributed by atoms with E-state index in [9.17, 15) is 0 Å². The van der Waals surface area contributed by atoms with E-state index in [0.717, 1.165) is 28.3 Å². The Balaban J connectivity index is 1.15. The van der Waals surface area contributed by atoms with Crippen LogP contribution in [0, 0.1) is 0 Å². The van der Waals surface area contributed by atoms with Gasteiger partial charge in [0.15, 0.2) is 0 Å². The van der Waals surface area contributed by atoms with Crippen LogP contribution in [0.15, 0.2) is 243 Å². The zero-order valence-electron chi connectivity index (χ0n) is 33.0. The van der Waals surface area contributed by atoms with Crippen LogP contribution in [-0.4, -0.2) is 4.57 Å². The average molecular weight is 765 g/mol. The third kappa shape index (κ3) is 6.32. The van der Waals surface area contributed by atoms with Crippen molar-refractivity contribution in [2.45, 2.75) is 0 Å². The summed E-state index contributed by atoms with van der Waals surface area (Å²) in [6, 6.07) is 88.0. The fourth-order valence-corrected chi connectivity index (χ4v) is 8.94. The van der Waals surface area contributed by atoms with Crippen molar-refractivity contribution in [3.63, 3.8) is 0 Å². The van der Waals surface area contributed by atoms with E-state index in [2.05, 4.69) is 252 Å². The number of hydrogen-bond acceptors (Lipinski definition) is 1. The molecule has 60 heavy (non-hydrogen) atoms. The molecule has 11 aromatic rings. The maximum Gasteiger partial charge on any atom is 0.0562 e. The van der Waals surface area contributed by atoms with Crippen molar-refractivity contribution in [1.82, 2.24) is 4.57 Å². The Kier molecular flexibility index (Phi) is 8.87. The molecule has 0 atom stereocenters. The van der Waals surface area contributed by atoms with Gasteiger partial charge in [-0.25, -0.2) is 0 Å². The summed E-state index contributed by atoms with van der Waals surface area (Å²) >= 11 is 0. The molecule has 0 amide bonds. The predicted molar refractivity (Wildman–Crippen MR) is 255 cm³/mol. The van der Waals surface area contributed by atoms with Gasteiger partial charge in [0.2, 0.25) is 0 Å². The van der Waals surface area contributed by atoms with E-state index in [0.29, 0.717) is 0 Å². The molecule has 11 rings (SSSR count). The highest BCUT2D eigenvalue weighted by molar-refractivity contribution is 6.16. The van der Waals surface area contributed by atoms with E-state index in [-0.39, 0.29) is 0 Å². The Hall–Kier alpha value is -7.94. The molecule has 0 aliphatic carbocycles. The topological polar surface area (TPSA) is 8.17 Å². The SMILES string of the molecule is c1ccc(-c2cccc(-c3cccc4c3c3ccc(N(c5cccc(-c6ccc7ccccc7c6)c5)c5ccccc5-c5ccccc5)cc3n4-c3ccccc3)c2)cc1. The minimum Gasteiger partial charge on any atom is -0.310 e. The normalized spacial score (nSPS) is 11.3. The molecule has 0 N–H and O–H groups in total. The van der Waals surface area contributed by atoms with Crippen LogP contribution in [0.25, 0.3) is 82.8 Å². The standard InChI is InChI=1S/C58H40N2/c1-4-17-41(18-5-1)45-23-14-25-48(38-45)53-30-16-32-56-58(53)54-36-35-51(40-57(54)60(56)49-26-8-3-9-27-49)59(55-31-13-12-29-52(55)43-20-6-2-7-21-43)50-28-15-24-46(39-50)47-34-33-42-19-10-11-22-44(42)37-47/h1-40H. The maximum atomic E-state index is 2.44. The third-order valence-electron chi connectivity index (χ3n) is 11.7. The van der Waals surface area contributed by atoms with Crippen LogP contribution < -0.4 is 4.90 Å². The fourth-order valence-electron chi connectivity index (χ4n) is 8.94. The molecule has 0 saturated heterocycles. The lowest BCUT2D eigenvalue weighted by Crippen LogP contribution is -2.11. The number of benzene rings is 10. The van der Waals surface area contributed by atoms with Gasteiger partial charge in [-0.2, -0.15) is 0 Å². The van der Waals surface area contributed by atoms with Gasteiger partial charge in [-0.15, -0.1) is 0 Å². The summed E-state index contributed by atoms with van der Waals surface area (Å²) in [7, 11) is 0. The Morgan fingerprint density at radius 1 is 0.300 bits per heavy atom. The van der Waals surface area contributed by atoms with Crippen molar-refractivity contribution in [1.29, 1.82) is 0 Å². The molecule has 1 aromatic heterocycles. The van der Waals surface area contributed by atoms with Gasteiger partial charge in [0.25, 0.3) is 0 Å². The third-order valence-corrected chi connectivity index (χ3v) is 11.7. The summed E-state index contributed by atoms with van der Waals surface area (Å²) in [4.78, 5) is 2.43. The van der Waals surface area contributed by atoms with Gasteiger partial charge in [0, 0.05) is 33.4 Å². The minimum atomic E-state index is 1.08. The van der Waals surface area contributed by atoms with Gasteiger partial charge >= 0.3 is 0 Å². The number of rotatable bonds is 8. The molecule has 0 saturated carbocycles. The number of aromatic nitrogens is 1. The van der Waals surface area contributed by atoms with Crippen LogP contribution in [-0.2, 0) is 0 Å². The van der Waals surface area contributed by atoms with E-state index in [4.69, 9.17) is 0 Å². The second-order valence-corrected chi connectivity index (χ2v) is 15.3. The lowest BCUT2D eigenvalue weighted by atomic mass is 9.96. The smallest absolute Gasteiger partial charge is 0.0562 e. The van der Waals surface area contributed by atoms with Gasteiger partial charge in [-0.1, -0.05) is 182 Å². The molecule has 0 unspecified atom stereocenters. The Labute approximate surface area is 350 Å². The quantitative estimate of drug-likeness (QED) is 0.150. The second kappa shape index (κ2) is 15.1. The molecular weight excluding hydrogens is 725 g/mol. The zero-order chi connectivity index (χ0) is 39.8. The Morgan fingerprint density at radius 3 is 1.70 bits per heavy atom. The van der Waals surface area contributed by atoms with Crippen molar-refractivity contribution in [3.05, 3.63) is 243 Å². The van der Waals surface area contributed by atoms with Gasteiger partial charge < -0.3 is 9.47 Å². The van der Waals surface area contributed by atoms with Crippen molar-refractivity contribution in [2.24, 2.45) is 0 Å². The zero-order valence-corrected chi connectivity index (χ0v) is 33.0. The molecule has 0 aliphatic heterocycles. The molecular formula is C58H40N2. The van der Waals surface area contributed by atoms with Crippen LogP contribution >= 0.6 is 0 Å². The van der Waals surface area contributed by atoms with Crippen molar-refractivity contribution in [3.8, 4) is 50.2 Å². The van der Waals surface area contributed by atoms with Crippen LogP contribution in [0.2, 0.25) is 0 Å². The van der Waals surface area contributed by atoms with E-state index >= 15 is 0 Å². The summed E-state index contributed by atoms with van der Waals surface area (Å²) in [5, 5.41) is 4.92. The molecule has 0 bridgehead atoms. The van der Waals surface area contributed by atoms with Crippen LogP contribution in [0.1, 0.15) is 0 Å². The summed E-state index contributed by atoms with van der Waals surface area (Å²) in [5.74, 6) is 0. The molecule has 0 fully saturated rings. The number of para-hydroxylation sites is 2. The van der Waals surface area contributed by atoms with E-state index in [1.165, 1.54) is 71.6 Å². The molecule has 282 valence electrons. The number of hydrogen-bond donors (Lipinski definition) is 0. The first kappa shape index (κ1) is 35.2. The Morgan fingerprint density at radius 2 is 0.883 bits per heavy atom. The largest absolute Gasteiger partial charge is 0.310 e. The lowest BCUT2D eigenvalue weighted by Gasteiger charge is -2.28. The molecule has 0 aliphatic rings. The maximum absolute atomic E-state index is 2.44. The summed E-state index contributed by atoms with van der Waals surface area (Å²) < 4.78 is 2.44. The summed E-state index contributed by atoms with van der Waals surface area (Å²) in [5.41, 5.74) is 16.2. The van der Waals surface area contributed by atoms with Gasteiger partial charge in [0.1, 0.15) is 0 Å². The first-order chi connectivity index (χ1) is 29.8. The summed E-state index contributed by atoms with van der Waals surface area (Å²) in [6.45, 7) is 0. The van der Waals surface area contributed by atoms with E-state index in [1.807, 2.05) is 0 Å². The average Bonchev–Trinajstić information content (AvgIpc) is 3.66. The lowest BCUT2D eigenvalue weighted by molar-refractivity contribution is 1.18. The monoisotopic (exact) mass is 764 g/mol. The minimum absolute atomic E-state index is 1.08. The van der Waals surface area contributed by atoms with Gasteiger partial charge in [0.05, 0.1) is 16.7 Å². The van der Waals surface area contributed by atoms with Crippen LogP contribution in [0.5, 0.6) is 0 Å². The number of fused-ring (bicyclic) bond motifs is 4. The molecule has 10 aromatic carbocycles. The van der Waals surface area contributed by atoms with Crippen LogP contribution in [0.4, 0.5) is 17.1 Å². The molecule has 2 heteroatoms. The second-order valence-electron chi connectivity index (χ2n) is 15.3. The highest BCUT2D eigenvalue weighted by Gasteiger charge is 2.22. The highest BCUT2D eigenvalue weighted by atomic mass is 15.1. The van der Waals surface area contributed by atoms with E-state index in [1.54, 1.807) is 0 Å². The Bertz CT molecular complexity index is 3310. The van der Waals surface area contributed by atoms with Crippen molar-refractivity contribution >= 4 is 49.6 Å². The van der Waals surface area contributed by atoms with Gasteiger partial charge in [-0.05, 0) is 110 Å². The molecule has 0 spiro atoms. The van der Waals surface area contributed by atoms with Crippen molar-refractivity contribution < 1.29 is 0 Å². The van der Waals surface area contributed by atoms with Crippen LogP contribution in [0.3, 0.4) is 0 Å². The predicted octanol–water partition coefficient (Wildman–Crippen LogP) is 16.1. The van der Waals surface area contributed by atoms with Crippen molar-refractivity contribution in [2.75, 3.05) is 4.90 Å². The molecule has 1 heterocycles. The summed E-state index contributed by atoms with van der Waals surface area (Å²) in [6.07, 6.45) is 0. The fraction of sp³-hybridized carbons (Fsp3) is 0. The first-order valence-electron chi connectivity index (χ1n) is 20.6. The number of nitrogens with zero attached hydrogens (tertiary/aromatic N) is 2. The highest BCUT2D eigenvalue weighted by Crippen LogP contribution is 2.45. The number of anilines is 3.